The fourth-order valence-corrected chi connectivity index (χ4v) is 6.47. The molecule has 0 atom stereocenters. The van der Waals surface area contributed by atoms with Crippen LogP contribution in [0.15, 0.2) is 134 Å². The minimum atomic E-state index is -0.549. The Bertz CT molecular complexity index is 2880. The molecule has 340 valence electrons. The number of amides is 2. The number of hydrogen-bond acceptors (Lipinski definition) is 14. The van der Waals surface area contributed by atoms with Gasteiger partial charge in [-0.05, 0) is 113 Å². The molecule has 0 spiro atoms. The number of phenols is 1. The molecule has 0 aliphatic rings. The number of nitrogens with two attached hydrogens (primary N) is 2. The molecule has 4 heterocycles. The summed E-state index contributed by atoms with van der Waals surface area (Å²) in [5.74, 6) is 2.44. The molecule has 0 bridgehead atoms. The number of anilines is 4. The molecule has 0 saturated heterocycles. The van der Waals surface area contributed by atoms with Crippen molar-refractivity contribution in [3.63, 3.8) is 0 Å². The Balaban J connectivity index is 0.000000220. The zero-order valence-corrected chi connectivity index (χ0v) is 38.3. The van der Waals surface area contributed by atoms with Crippen LogP contribution in [0.4, 0.5) is 23.0 Å². The second kappa shape index (κ2) is 24.0. The maximum Gasteiger partial charge on any atom is 0.250 e. The summed E-state index contributed by atoms with van der Waals surface area (Å²) >= 11 is 5.35. The molecular formula is C48H50Cl2N12O4. The van der Waals surface area contributed by atoms with Gasteiger partial charge in [0.05, 0.1) is 33.5 Å². The Kier molecular flexibility index (Phi) is 18.0. The van der Waals surface area contributed by atoms with Crippen LogP contribution in [0.1, 0.15) is 20.7 Å². The number of nitrogens with one attached hydrogen (secondary N) is 2. The molecule has 0 aliphatic carbocycles. The highest BCUT2D eigenvalue weighted by Gasteiger charge is 2.16. The third-order valence-corrected chi connectivity index (χ3v) is 9.59. The number of carbonyl (C=O) groups excluding carboxylic acids is 2. The first-order chi connectivity index (χ1) is 31.4. The highest BCUT2D eigenvalue weighted by Crippen LogP contribution is 2.32. The topological polar surface area (TPSA) is 224 Å². The molecular weight excluding hydrogens is 880 g/mol. The summed E-state index contributed by atoms with van der Waals surface area (Å²) in [6.07, 6.45) is 6.75. The summed E-state index contributed by atoms with van der Waals surface area (Å²) in [5.41, 5.74) is 15.7. The lowest BCUT2D eigenvalue weighted by Crippen LogP contribution is -2.19. The summed E-state index contributed by atoms with van der Waals surface area (Å²) in [6.45, 7) is 2.33. The Morgan fingerprint density at radius 1 is 0.636 bits per heavy atom. The molecule has 0 unspecified atom stereocenters. The standard InChI is InChI=1S/C24H24N6O2.C20H15N5O2.C4H10ClN.ClH/c1-30(2)12-13-32-17-9-10-21-19(14-17)24(28-20-8-4-3-7-18(20)22(25)31)29-23(27-21)16-6-5-11-26-15-16;21-18(27)14-5-1-2-6-16(14)24-20-15-10-13(26)7-8-17(15)23-19(25-20)12-4-3-9-22-11-12;1-6(2)4-3-5;/h3-11,14-15H,12-13H2,1-2H3,(H2,25,31)(H,27,28,29);1-11,26H,(H2,21,27)(H,23,24,25);3-4H2,1-2H3;1H. The monoisotopic (exact) mass is 928 g/mol. The fourth-order valence-electron chi connectivity index (χ4n) is 6.14. The van der Waals surface area contributed by atoms with Crippen LogP contribution in [0.25, 0.3) is 44.6 Å². The van der Waals surface area contributed by atoms with E-state index in [0.717, 1.165) is 41.0 Å². The number of aromatic nitrogens is 6. The van der Waals surface area contributed by atoms with Gasteiger partial charge in [0.25, 0.3) is 11.8 Å². The first kappa shape index (κ1) is 49.5. The van der Waals surface area contributed by atoms with E-state index in [4.69, 9.17) is 37.8 Å². The number of carbonyl (C=O) groups is 2. The van der Waals surface area contributed by atoms with Crippen molar-refractivity contribution >= 4 is 80.6 Å². The Hall–Kier alpha value is -7.50. The van der Waals surface area contributed by atoms with Crippen LogP contribution in [0.5, 0.6) is 11.5 Å². The van der Waals surface area contributed by atoms with E-state index in [1.54, 1.807) is 91.5 Å². The molecule has 0 saturated carbocycles. The van der Waals surface area contributed by atoms with E-state index < -0.39 is 11.8 Å². The van der Waals surface area contributed by atoms with Gasteiger partial charge in [-0.1, -0.05) is 24.3 Å². The smallest absolute Gasteiger partial charge is 0.250 e. The minimum Gasteiger partial charge on any atom is -0.508 e. The second-order valence-electron chi connectivity index (χ2n) is 14.9. The van der Waals surface area contributed by atoms with Crippen LogP contribution in [-0.2, 0) is 0 Å². The first-order valence-electron chi connectivity index (χ1n) is 20.3. The summed E-state index contributed by atoms with van der Waals surface area (Å²) in [6, 6.07) is 31.8. The number of halogens is 2. The molecule has 4 aromatic carbocycles. The molecule has 18 heteroatoms. The predicted molar refractivity (Wildman–Crippen MR) is 264 cm³/mol. The number of pyridine rings is 2. The number of ether oxygens (including phenoxy) is 1. The molecule has 0 aliphatic heterocycles. The van der Waals surface area contributed by atoms with Gasteiger partial charge in [-0.15, -0.1) is 24.0 Å². The lowest BCUT2D eigenvalue weighted by Gasteiger charge is -2.15. The molecule has 16 nitrogen and oxygen atoms in total. The van der Waals surface area contributed by atoms with E-state index >= 15 is 0 Å². The number of hydrogen-bond donors (Lipinski definition) is 5. The number of rotatable bonds is 14. The predicted octanol–water partition coefficient (Wildman–Crippen LogP) is 7.92. The van der Waals surface area contributed by atoms with Crippen molar-refractivity contribution in [3.05, 3.63) is 145 Å². The zero-order valence-electron chi connectivity index (χ0n) is 36.7. The number of para-hydroxylation sites is 2. The molecule has 7 N–H and O–H groups in total. The summed E-state index contributed by atoms with van der Waals surface area (Å²) < 4.78 is 5.90. The maximum atomic E-state index is 11.9. The molecule has 2 amide bonds. The zero-order chi connectivity index (χ0) is 46.3. The Morgan fingerprint density at radius 3 is 1.56 bits per heavy atom. The van der Waals surface area contributed by atoms with E-state index in [9.17, 15) is 14.7 Å². The van der Waals surface area contributed by atoms with E-state index in [1.165, 1.54) is 0 Å². The van der Waals surface area contributed by atoms with Gasteiger partial charge in [0.15, 0.2) is 11.6 Å². The average molecular weight is 930 g/mol. The van der Waals surface area contributed by atoms with E-state index in [-0.39, 0.29) is 18.2 Å². The number of nitrogens with zero attached hydrogens (tertiary/aromatic N) is 8. The van der Waals surface area contributed by atoms with Crippen molar-refractivity contribution in [2.24, 2.45) is 11.5 Å². The van der Waals surface area contributed by atoms with Gasteiger partial charge in [0, 0.05) is 65.7 Å². The first-order valence-corrected chi connectivity index (χ1v) is 20.9. The largest absolute Gasteiger partial charge is 0.508 e. The van der Waals surface area contributed by atoms with Crippen molar-refractivity contribution < 1.29 is 19.4 Å². The van der Waals surface area contributed by atoms with Crippen LogP contribution in [0.2, 0.25) is 0 Å². The maximum absolute atomic E-state index is 11.9. The van der Waals surface area contributed by atoms with Gasteiger partial charge in [-0.25, -0.2) is 19.9 Å². The van der Waals surface area contributed by atoms with Gasteiger partial charge in [-0.3, -0.25) is 19.6 Å². The molecule has 0 radical (unpaired) electrons. The number of fused-ring (bicyclic) bond motifs is 2. The molecule has 66 heavy (non-hydrogen) atoms. The number of alkyl halides is 1. The lowest BCUT2D eigenvalue weighted by molar-refractivity contribution is 0.0992. The van der Waals surface area contributed by atoms with Gasteiger partial charge in [0.2, 0.25) is 0 Å². The summed E-state index contributed by atoms with van der Waals surface area (Å²) in [4.78, 5) is 54.6. The summed E-state index contributed by atoms with van der Waals surface area (Å²) in [7, 11) is 8.00. The summed E-state index contributed by atoms with van der Waals surface area (Å²) in [5, 5.41) is 17.7. The molecule has 4 aromatic heterocycles. The normalized spacial score (nSPS) is 10.6. The SMILES string of the molecule is CN(C)CCCl.CN(C)CCOc1ccc2nc(-c3cccnc3)nc(Nc3ccccc3C(N)=O)c2c1.Cl.NC(=O)c1ccccc1Nc1nc(-c2cccnc2)nc2ccc(O)cc12. The van der Waals surface area contributed by atoms with E-state index in [1.807, 2.05) is 75.6 Å². The van der Waals surface area contributed by atoms with Crippen molar-refractivity contribution in [2.75, 3.05) is 64.4 Å². The molecule has 8 aromatic rings. The van der Waals surface area contributed by atoms with Crippen molar-refractivity contribution in [3.8, 4) is 34.3 Å². The Morgan fingerprint density at radius 2 is 1.12 bits per heavy atom. The Labute approximate surface area is 393 Å². The quantitative estimate of drug-likeness (QED) is 0.0654. The lowest BCUT2D eigenvalue weighted by atomic mass is 10.1. The molecule has 8 rings (SSSR count). The number of phenolic OH excluding ortho intramolecular Hbond substituents is 1. The second-order valence-corrected chi connectivity index (χ2v) is 15.2. The number of aromatic hydroxyl groups is 1. The van der Waals surface area contributed by atoms with Gasteiger partial charge >= 0.3 is 0 Å². The number of benzene rings is 4. The average Bonchev–Trinajstić information content (AvgIpc) is 3.30. The van der Waals surface area contributed by atoms with Crippen LogP contribution in [0.3, 0.4) is 0 Å². The van der Waals surface area contributed by atoms with E-state index in [2.05, 4.69) is 35.5 Å². The van der Waals surface area contributed by atoms with Gasteiger partial charge in [-0.2, -0.15) is 0 Å². The fraction of sp³-hybridized carbons (Fsp3) is 0.167. The minimum absolute atomic E-state index is 0. The number of primary amides is 2. The highest BCUT2D eigenvalue weighted by molar-refractivity contribution is 6.18. The third-order valence-electron chi connectivity index (χ3n) is 9.42. The third kappa shape index (κ3) is 13.5. The van der Waals surface area contributed by atoms with Crippen molar-refractivity contribution in [1.82, 2.24) is 39.7 Å². The van der Waals surface area contributed by atoms with Crippen LogP contribution in [-0.4, -0.2) is 110 Å². The van der Waals surface area contributed by atoms with Crippen molar-refractivity contribution in [1.29, 1.82) is 0 Å². The van der Waals surface area contributed by atoms with Crippen LogP contribution in [0, 0.1) is 0 Å². The van der Waals surface area contributed by atoms with Crippen LogP contribution < -0.4 is 26.8 Å². The molecule has 0 fully saturated rings. The van der Waals surface area contributed by atoms with Crippen LogP contribution >= 0.6 is 24.0 Å². The van der Waals surface area contributed by atoms with Crippen molar-refractivity contribution in [2.45, 2.75) is 0 Å². The highest BCUT2D eigenvalue weighted by atomic mass is 35.5. The van der Waals surface area contributed by atoms with E-state index in [0.29, 0.717) is 69.0 Å². The van der Waals surface area contributed by atoms with Gasteiger partial charge in [0.1, 0.15) is 29.7 Å². The number of likely N-dealkylation sites (N-methyl/N-ethyl adjacent to an activating group) is 1. The van der Waals surface area contributed by atoms with Gasteiger partial charge < -0.3 is 41.7 Å².